The summed E-state index contributed by atoms with van der Waals surface area (Å²) in [4.78, 5) is 16.2. The molecule has 1 heterocycles. The maximum Gasteiger partial charge on any atom is 0.244 e. The van der Waals surface area contributed by atoms with Crippen LogP contribution >= 0.6 is 22.9 Å². The molecule has 0 spiro atoms. The standard InChI is InChI=1S/C16H17ClN2OS/c1-11(2)14-10-21-16(19-14)9-18-15(20)8-5-12-3-6-13(17)7-4-12/h3-8,10-11H,9H2,1-2H3,(H,18,20)/b8-5+. The van der Waals surface area contributed by atoms with Gasteiger partial charge in [0.15, 0.2) is 0 Å². The van der Waals surface area contributed by atoms with Crippen LogP contribution in [-0.4, -0.2) is 10.9 Å². The molecule has 0 atom stereocenters. The maximum absolute atomic E-state index is 11.8. The van der Waals surface area contributed by atoms with Crippen molar-refractivity contribution in [2.45, 2.75) is 26.3 Å². The van der Waals surface area contributed by atoms with Gasteiger partial charge in [-0.25, -0.2) is 4.98 Å². The van der Waals surface area contributed by atoms with Crippen LogP contribution in [-0.2, 0) is 11.3 Å². The Bertz CT molecular complexity index is 632. The van der Waals surface area contributed by atoms with Crippen molar-refractivity contribution in [3.63, 3.8) is 0 Å². The molecule has 2 aromatic rings. The number of halogens is 1. The summed E-state index contributed by atoms with van der Waals surface area (Å²) in [6, 6.07) is 7.31. The van der Waals surface area contributed by atoms with Gasteiger partial charge in [0.1, 0.15) is 5.01 Å². The van der Waals surface area contributed by atoms with E-state index in [2.05, 4.69) is 24.1 Å². The van der Waals surface area contributed by atoms with Gasteiger partial charge < -0.3 is 5.32 Å². The van der Waals surface area contributed by atoms with E-state index in [-0.39, 0.29) is 5.91 Å². The molecule has 1 N–H and O–H groups in total. The average Bonchev–Trinajstić information content (AvgIpc) is 2.93. The fourth-order valence-corrected chi connectivity index (χ4v) is 2.66. The summed E-state index contributed by atoms with van der Waals surface area (Å²) >= 11 is 7.38. The van der Waals surface area contributed by atoms with Gasteiger partial charge in [-0.3, -0.25) is 4.79 Å². The Kier molecular flexibility index (Phi) is 5.53. The van der Waals surface area contributed by atoms with E-state index in [9.17, 15) is 4.79 Å². The molecule has 0 saturated carbocycles. The molecule has 1 amide bonds. The number of benzene rings is 1. The Balaban J connectivity index is 1.85. The van der Waals surface area contributed by atoms with E-state index in [0.29, 0.717) is 17.5 Å². The van der Waals surface area contributed by atoms with Crippen LogP contribution in [0.1, 0.15) is 36.0 Å². The lowest BCUT2D eigenvalue weighted by Gasteiger charge is -2.00. The highest BCUT2D eigenvalue weighted by Gasteiger charge is 2.06. The molecule has 21 heavy (non-hydrogen) atoms. The molecule has 0 radical (unpaired) electrons. The molecule has 0 aliphatic heterocycles. The lowest BCUT2D eigenvalue weighted by atomic mass is 10.2. The summed E-state index contributed by atoms with van der Waals surface area (Å²) in [7, 11) is 0. The number of hydrogen-bond acceptors (Lipinski definition) is 3. The maximum atomic E-state index is 11.8. The molecule has 110 valence electrons. The molecule has 5 heteroatoms. The van der Waals surface area contributed by atoms with Crippen LogP contribution in [0.3, 0.4) is 0 Å². The second-order valence-electron chi connectivity index (χ2n) is 4.92. The van der Waals surface area contributed by atoms with Crippen LogP contribution < -0.4 is 5.32 Å². The molecule has 0 aliphatic rings. The van der Waals surface area contributed by atoms with Crippen molar-refractivity contribution < 1.29 is 4.79 Å². The first kappa shape index (κ1) is 15.7. The van der Waals surface area contributed by atoms with E-state index < -0.39 is 0 Å². The highest BCUT2D eigenvalue weighted by atomic mass is 35.5. The minimum absolute atomic E-state index is 0.133. The molecule has 3 nitrogen and oxygen atoms in total. The number of hydrogen-bond donors (Lipinski definition) is 1. The number of nitrogens with zero attached hydrogens (tertiary/aromatic N) is 1. The predicted molar refractivity (Wildman–Crippen MR) is 88.5 cm³/mol. The van der Waals surface area contributed by atoms with Crippen molar-refractivity contribution in [2.24, 2.45) is 0 Å². The van der Waals surface area contributed by atoms with Crippen molar-refractivity contribution >= 4 is 34.9 Å². The Morgan fingerprint density at radius 2 is 2.10 bits per heavy atom. The Morgan fingerprint density at radius 3 is 2.71 bits per heavy atom. The third-order valence-electron chi connectivity index (χ3n) is 2.87. The number of carbonyl (C=O) groups is 1. The minimum Gasteiger partial charge on any atom is -0.346 e. The smallest absolute Gasteiger partial charge is 0.244 e. The summed E-state index contributed by atoms with van der Waals surface area (Å²) in [5, 5.41) is 6.47. The zero-order chi connectivity index (χ0) is 15.2. The van der Waals surface area contributed by atoms with Gasteiger partial charge in [0, 0.05) is 16.5 Å². The summed E-state index contributed by atoms with van der Waals surface area (Å²) < 4.78 is 0. The molecule has 0 bridgehead atoms. The minimum atomic E-state index is -0.133. The fourth-order valence-electron chi connectivity index (χ4n) is 1.64. The number of thiazole rings is 1. The van der Waals surface area contributed by atoms with Crippen LogP contribution in [0.5, 0.6) is 0 Å². The lowest BCUT2D eigenvalue weighted by molar-refractivity contribution is -0.116. The first-order chi connectivity index (χ1) is 10.0. The Labute approximate surface area is 133 Å². The van der Waals surface area contributed by atoms with Gasteiger partial charge in [0.05, 0.1) is 12.2 Å². The summed E-state index contributed by atoms with van der Waals surface area (Å²) in [5.41, 5.74) is 2.01. The topological polar surface area (TPSA) is 42.0 Å². The van der Waals surface area contributed by atoms with E-state index in [4.69, 9.17) is 11.6 Å². The highest BCUT2D eigenvalue weighted by molar-refractivity contribution is 7.09. The van der Waals surface area contributed by atoms with E-state index in [1.165, 1.54) is 6.08 Å². The van der Waals surface area contributed by atoms with Gasteiger partial charge in [-0.05, 0) is 29.7 Å². The molecule has 0 aliphatic carbocycles. The highest BCUT2D eigenvalue weighted by Crippen LogP contribution is 2.17. The van der Waals surface area contributed by atoms with Crippen molar-refractivity contribution in [2.75, 3.05) is 0 Å². The molecule has 0 saturated heterocycles. The zero-order valence-electron chi connectivity index (χ0n) is 12.0. The number of amides is 1. The second-order valence-corrected chi connectivity index (χ2v) is 6.30. The molecule has 1 aromatic carbocycles. The third kappa shape index (κ3) is 4.99. The van der Waals surface area contributed by atoms with Crippen molar-refractivity contribution in [3.8, 4) is 0 Å². The van der Waals surface area contributed by atoms with Crippen molar-refractivity contribution in [1.29, 1.82) is 0 Å². The fraction of sp³-hybridized carbons (Fsp3) is 0.250. The van der Waals surface area contributed by atoms with Gasteiger partial charge >= 0.3 is 0 Å². The molecule has 1 aromatic heterocycles. The SMILES string of the molecule is CC(C)c1csc(CNC(=O)/C=C/c2ccc(Cl)cc2)n1. The van der Waals surface area contributed by atoms with Crippen molar-refractivity contribution in [1.82, 2.24) is 10.3 Å². The molecular formula is C16H17ClN2OS. The predicted octanol–water partition coefficient (Wildman–Crippen LogP) is 4.25. The van der Waals surface area contributed by atoms with Crippen LogP contribution in [0.4, 0.5) is 0 Å². The van der Waals surface area contributed by atoms with Gasteiger partial charge in [0.25, 0.3) is 0 Å². The molecule has 0 fully saturated rings. The van der Waals surface area contributed by atoms with Gasteiger partial charge in [-0.15, -0.1) is 11.3 Å². The number of rotatable bonds is 5. The summed E-state index contributed by atoms with van der Waals surface area (Å²) in [6.45, 7) is 4.67. The third-order valence-corrected chi connectivity index (χ3v) is 3.99. The average molecular weight is 321 g/mol. The summed E-state index contributed by atoms with van der Waals surface area (Å²) in [6.07, 6.45) is 3.27. The van der Waals surface area contributed by atoms with Crippen LogP contribution in [0.15, 0.2) is 35.7 Å². The monoisotopic (exact) mass is 320 g/mol. The molecular weight excluding hydrogens is 304 g/mol. The Hall–Kier alpha value is -1.65. The normalized spacial score (nSPS) is 11.2. The zero-order valence-corrected chi connectivity index (χ0v) is 13.5. The van der Waals surface area contributed by atoms with Crippen LogP contribution in [0, 0.1) is 0 Å². The van der Waals surface area contributed by atoms with Crippen molar-refractivity contribution in [3.05, 3.63) is 57.0 Å². The molecule has 0 unspecified atom stereocenters. The number of aromatic nitrogens is 1. The quantitative estimate of drug-likeness (QED) is 0.837. The number of nitrogens with one attached hydrogen (secondary N) is 1. The van der Waals surface area contributed by atoms with Gasteiger partial charge in [0.2, 0.25) is 5.91 Å². The summed E-state index contributed by atoms with van der Waals surface area (Å²) in [5.74, 6) is 0.279. The van der Waals surface area contributed by atoms with E-state index in [0.717, 1.165) is 16.3 Å². The first-order valence-corrected chi connectivity index (χ1v) is 7.96. The van der Waals surface area contributed by atoms with E-state index >= 15 is 0 Å². The van der Waals surface area contributed by atoms with Gasteiger partial charge in [-0.2, -0.15) is 0 Å². The number of carbonyl (C=O) groups excluding carboxylic acids is 1. The van der Waals surface area contributed by atoms with Crippen LogP contribution in [0.25, 0.3) is 6.08 Å². The largest absolute Gasteiger partial charge is 0.346 e. The van der Waals surface area contributed by atoms with E-state index in [1.807, 2.05) is 17.5 Å². The first-order valence-electron chi connectivity index (χ1n) is 6.70. The van der Waals surface area contributed by atoms with Gasteiger partial charge in [-0.1, -0.05) is 37.6 Å². The second kappa shape index (κ2) is 7.38. The van der Waals surface area contributed by atoms with Crippen LogP contribution in [0.2, 0.25) is 5.02 Å². The lowest BCUT2D eigenvalue weighted by Crippen LogP contribution is -2.20. The molecule has 2 rings (SSSR count). The Morgan fingerprint density at radius 1 is 1.38 bits per heavy atom. The van der Waals surface area contributed by atoms with E-state index in [1.54, 1.807) is 29.5 Å².